The first-order valence-electron chi connectivity index (χ1n) is 9.66. The number of carbonyl (C=O) groups excluding carboxylic acids is 1. The molecule has 7 heteroatoms. The monoisotopic (exact) mass is 488 g/mol. The fraction of sp³-hybridized carbons (Fsp3) is 0.600. The standard InChI is InChI=1S/C20H32N4O2.HI/c1-3-21-20(23-16-17-9-11-18(26-2)12-10-17)22-13-7-15-24-14-6-4-5-8-19(24)25;/h9-12H,3-8,13-16H2,1-2H3,(H2,21,22,23);1H. The summed E-state index contributed by atoms with van der Waals surface area (Å²) in [6.07, 6.45) is 4.97. The number of amides is 1. The van der Waals surface area contributed by atoms with Crippen molar-refractivity contribution in [2.45, 2.75) is 45.6 Å². The molecule has 152 valence electrons. The van der Waals surface area contributed by atoms with Crippen molar-refractivity contribution in [3.8, 4) is 5.75 Å². The maximum Gasteiger partial charge on any atom is 0.222 e. The molecule has 1 saturated heterocycles. The number of likely N-dealkylation sites (tertiary alicyclic amines) is 1. The lowest BCUT2D eigenvalue weighted by Crippen LogP contribution is -2.39. The summed E-state index contributed by atoms with van der Waals surface area (Å²) >= 11 is 0. The van der Waals surface area contributed by atoms with Crippen molar-refractivity contribution in [3.05, 3.63) is 29.8 Å². The molecule has 1 aliphatic heterocycles. The Kier molecular flexibility index (Phi) is 11.9. The summed E-state index contributed by atoms with van der Waals surface area (Å²) in [6.45, 7) is 6.02. The SMILES string of the molecule is CCNC(=NCc1ccc(OC)cc1)NCCCN1CCCCCC1=O.I. The average molecular weight is 488 g/mol. The highest BCUT2D eigenvalue weighted by atomic mass is 127. The smallest absolute Gasteiger partial charge is 0.222 e. The zero-order chi connectivity index (χ0) is 18.6. The lowest BCUT2D eigenvalue weighted by molar-refractivity contribution is -0.130. The van der Waals surface area contributed by atoms with Crippen molar-refractivity contribution >= 4 is 35.8 Å². The van der Waals surface area contributed by atoms with E-state index in [-0.39, 0.29) is 24.0 Å². The number of nitrogens with zero attached hydrogens (tertiary/aromatic N) is 2. The van der Waals surface area contributed by atoms with Gasteiger partial charge in [0.2, 0.25) is 5.91 Å². The Morgan fingerprint density at radius 1 is 1.19 bits per heavy atom. The van der Waals surface area contributed by atoms with Gasteiger partial charge < -0.3 is 20.3 Å². The summed E-state index contributed by atoms with van der Waals surface area (Å²) in [6, 6.07) is 7.94. The third-order valence-electron chi connectivity index (χ3n) is 4.49. The molecule has 0 aromatic heterocycles. The van der Waals surface area contributed by atoms with Crippen molar-refractivity contribution in [2.24, 2.45) is 4.99 Å². The molecule has 6 nitrogen and oxygen atoms in total. The van der Waals surface area contributed by atoms with Gasteiger partial charge in [0.1, 0.15) is 5.75 Å². The first-order valence-corrected chi connectivity index (χ1v) is 9.66. The highest BCUT2D eigenvalue weighted by Gasteiger charge is 2.15. The zero-order valence-electron chi connectivity index (χ0n) is 16.5. The second-order valence-corrected chi connectivity index (χ2v) is 6.52. The van der Waals surface area contributed by atoms with Crippen LogP contribution in [0.15, 0.2) is 29.3 Å². The van der Waals surface area contributed by atoms with Crippen molar-refractivity contribution < 1.29 is 9.53 Å². The third kappa shape index (κ3) is 8.81. The van der Waals surface area contributed by atoms with Gasteiger partial charge in [-0.05, 0) is 43.9 Å². The van der Waals surface area contributed by atoms with Gasteiger partial charge in [0, 0.05) is 32.6 Å². The molecular weight excluding hydrogens is 455 g/mol. The largest absolute Gasteiger partial charge is 0.497 e. The number of rotatable bonds is 8. The first kappa shape index (κ1) is 23.5. The summed E-state index contributed by atoms with van der Waals surface area (Å²) in [7, 11) is 1.67. The van der Waals surface area contributed by atoms with Crippen LogP contribution in [0.4, 0.5) is 0 Å². The normalized spacial score (nSPS) is 15.0. The van der Waals surface area contributed by atoms with Gasteiger partial charge in [-0.1, -0.05) is 18.6 Å². The van der Waals surface area contributed by atoms with Gasteiger partial charge in [-0.2, -0.15) is 0 Å². The van der Waals surface area contributed by atoms with Gasteiger partial charge in [-0.15, -0.1) is 24.0 Å². The lowest BCUT2D eigenvalue weighted by Gasteiger charge is -2.20. The van der Waals surface area contributed by atoms with Crippen LogP contribution in [0.2, 0.25) is 0 Å². The molecule has 1 aliphatic rings. The van der Waals surface area contributed by atoms with Gasteiger partial charge in [0.15, 0.2) is 5.96 Å². The van der Waals surface area contributed by atoms with E-state index in [0.29, 0.717) is 18.9 Å². The van der Waals surface area contributed by atoms with Crippen LogP contribution in [0.5, 0.6) is 5.75 Å². The van der Waals surface area contributed by atoms with Gasteiger partial charge in [-0.25, -0.2) is 4.99 Å². The van der Waals surface area contributed by atoms with E-state index < -0.39 is 0 Å². The number of nitrogens with one attached hydrogen (secondary N) is 2. The van der Waals surface area contributed by atoms with E-state index in [4.69, 9.17) is 4.74 Å². The quantitative estimate of drug-likeness (QED) is 0.256. The molecule has 0 spiro atoms. The number of carbonyl (C=O) groups is 1. The van der Waals surface area contributed by atoms with Crippen LogP contribution in [-0.2, 0) is 11.3 Å². The maximum absolute atomic E-state index is 12.0. The topological polar surface area (TPSA) is 66.0 Å². The first-order chi connectivity index (χ1) is 12.7. The summed E-state index contributed by atoms with van der Waals surface area (Å²) in [5.74, 6) is 1.97. The van der Waals surface area contributed by atoms with Gasteiger partial charge in [0.05, 0.1) is 13.7 Å². The van der Waals surface area contributed by atoms with Crippen molar-refractivity contribution in [1.82, 2.24) is 15.5 Å². The molecule has 0 atom stereocenters. The van der Waals surface area contributed by atoms with Gasteiger partial charge >= 0.3 is 0 Å². The summed E-state index contributed by atoms with van der Waals surface area (Å²) in [5.41, 5.74) is 1.14. The second-order valence-electron chi connectivity index (χ2n) is 6.52. The highest BCUT2D eigenvalue weighted by molar-refractivity contribution is 14.0. The molecule has 1 heterocycles. The number of ether oxygens (including phenoxy) is 1. The van der Waals surface area contributed by atoms with Gasteiger partial charge in [-0.3, -0.25) is 4.79 Å². The van der Waals surface area contributed by atoms with E-state index >= 15 is 0 Å². The molecule has 1 fully saturated rings. The van der Waals surface area contributed by atoms with Gasteiger partial charge in [0.25, 0.3) is 0 Å². The van der Waals surface area contributed by atoms with Crippen LogP contribution in [0, 0.1) is 0 Å². The van der Waals surface area contributed by atoms with Crippen molar-refractivity contribution in [3.63, 3.8) is 0 Å². The number of benzene rings is 1. The number of guanidine groups is 1. The second kappa shape index (κ2) is 13.6. The van der Waals surface area contributed by atoms with Crippen molar-refractivity contribution in [2.75, 3.05) is 33.3 Å². The average Bonchev–Trinajstić information content (AvgIpc) is 2.87. The molecule has 0 aliphatic carbocycles. The van der Waals surface area contributed by atoms with Crippen LogP contribution in [0.25, 0.3) is 0 Å². The minimum Gasteiger partial charge on any atom is -0.497 e. The fourth-order valence-corrected chi connectivity index (χ4v) is 2.99. The van der Waals surface area contributed by atoms with Crippen LogP contribution in [-0.4, -0.2) is 50.1 Å². The number of halogens is 1. The Balaban J connectivity index is 0.00000364. The molecule has 2 N–H and O–H groups in total. The predicted molar refractivity (Wildman–Crippen MR) is 121 cm³/mol. The van der Waals surface area contributed by atoms with Crippen LogP contribution in [0.3, 0.4) is 0 Å². The number of hydrogen-bond donors (Lipinski definition) is 2. The number of methoxy groups -OCH3 is 1. The van der Waals surface area contributed by atoms with E-state index in [1.807, 2.05) is 29.2 Å². The molecule has 27 heavy (non-hydrogen) atoms. The van der Waals surface area contributed by atoms with E-state index in [1.54, 1.807) is 7.11 Å². The van der Waals surface area contributed by atoms with Crippen LogP contribution in [0.1, 0.15) is 44.6 Å². The highest BCUT2D eigenvalue weighted by Crippen LogP contribution is 2.12. The third-order valence-corrected chi connectivity index (χ3v) is 4.49. The molecule has 0 saturated carbocycles. The fourth-order valence-electron chi connectivity index (χ4n) is 2.99. The van der Waals surface area contributed by atoms with E-state index in [2.05, 4.69) is 22.5 Å². The maximum atomic E-state index is 12.0. The molecular formula is C20H33IN4O2. The Morgan fingerprint density at radius 3 is 2.67 bits per heavy atom. The molecule has 2 rings (SSSR count). The van der Waals surface area contributed by atoms with E-state index in [1.165, 1.54) is 6.42 Å². The van der Waals surface area contributed by atoms with E-state index in [0.717, 1.165) is 62.7 Å². The Morgan fingerprint density at radius 2 is 1.96 bits per heavy atom. The molecule has 0 unspecified atom stereocenters. The Bertz CT molecular complexity index is 578. The predicted octanol–water partition coefficient (Wildman–Crippen LogP) is 3.16. The molecule has 1 aromatic carbocycles. The van der Waals surface area contributed by atoms with Crippen molar-refractivity contribution in [1.29, 1.82) is 0 Å². The van der Waals surface area contributed by atoms with Crippen LogP contribution < -0.4 is 15.4 Å². The van der Waals surface area contributed by atoms with E-state index in [9.17, 15) is 4.79 Å². The summed E-state index contributed by atoms with van der Waals surface area (Å²) in [4.78, 5) is 18.6. The number of hydrogen-bond acceptors (Lipinski definition) is 3. The minimum absolute atomic E-state index is 0. The number of aliphatic imine (C=N–C) groups is 1. The molecule has 0 bridgehead atoms. The molecule has 1 amide bonds. The minimum atomic E-state index is 0. The summed E-state index contributed by atoms with van der Waals surface area (Å²) in [5, 5.41) is 6.63. The molecule has 1 aromatic rings. The summed E-state index contributed by atoms with van der Waals surface area (Å²) < 4.78 is 5.18. The Hall–Kier alpha value is -1.51. The Labute approximate surface area is 180 Å². The lowest BCUT2D eigenvalue weighted by atomic mass is 10.2. The van der Waals surface area contributed by atoms with Crippen LogP contribution >= 0.6 is 24.0 Å². The zero-order valence-corrected chi connectivity index (χ0v) is 18.8. The molecule has 0 radical (unpaired) electrons.